The Morgan fingerprint density at radius 1 is 1.37 bits per heavy atom. The molecule has 3 N–H and O–H groups in total. The van der Waals surface area contributed by atoms with Crippen LogP contribution in [-0.2, 0) is 14.6 Å². The monoisotopic (exact) mass is 284 g/mol. The summed E-state index contributed by atoms with van der Waals surface area (Å²) >= 11 is 0. The summed E-state index contributed by atoms with van der Waals surface area (Å²) in [6.45, 7) is 3.34. The first-order valence-electron chi connectivity index (χ1n) is 5.83. The second-order valence-electron chi connectivity index (χ2n) is 4.83. The summed E-state index contributed by atoms with van der Waals surface area (Å²) in [4.78, 5) is 11.9. The summed E-state index contributed by atoms with van der Waals surface area (Å²) in [5.74, 6) is 0.0104. The molecule has 0 radical (unpaired) electrons. The van der Waals surface area contributed by atoms with Gasteiger partial charge in [-0.15, -0.1) is 0 Å². The van der Waals surface area contributed by atoms with E-state index in [1.54, 1.807) is 19.9 Å². The Hall–Kier alpha value is -1.60. The van der Waals surface area contributed by atoms with Gasteiger partial charge in [0.05, 0.1) is 16.3 Å². The third kappa shape index (κ3) is 2.57. The van der Waals surface area contributed by atoms with Crippen LogP contribution in [0.25, 0.3) is 0 Å². The zero-order valence-electron chi connectivity index (χ0n) is 10.8. The van der Waals surface area contributed by atoms with Gasteiger partial charge in [0.25, 0.3) is 5.91 Å². The SMILES string of the molecule is CC1(C)Oc2ccc(S(=O)(=O)CCN)cc2NC1=O. The number of nitrogens with two attached hydrogens (primary N) is 1. The topological polar surface area (TPSA) is 98.5 Å². The molecule has 1 aliphatic rings. The first kappa shape index (κ1) is 13.8. The highest BCUT2D eigenvalue weighted by Gasteiger charge is 2.35. The Morgan fingerprint density at radius 3 is 2.68 bits per heavy atom. The molecule has 7 heteroatoms. The van der Waals surface area contributed by atoms with Crippen LogP contribution in [0.5, 0.6) is 5.75 Å². The van der Waals surface area contributed by atoms with Gasteiger partial charge >= 0.3 is 0 Å². The summed E-state index contributed by atoms with van der Waals surface area (Å²) < 4.78 is 29.3. The molecule has 2 rings (SSSR count). The van der Waals surface area contributed by atoms with Gasteiger partial charge in [0.2, 0.25) is 0 Å². The molecule has 0 aliphatic carbocycles. The van der Waals surface area contributed by atoms with Crippen molar-refractivity contribution >= 4 is 21.4 Å². The molecule has 0 atom stereocenters. The van der Waals surface area contributed by atoms with Crippen LogP contribution in [0.15, 0.2) is 23.1 Å². The number of hydrogen-bond acceptors (Lipinski definition) is 5. The maximum absolute atomic E-state index is 11.9. The van der Waals surface area contributed by atoms with Gasteiger partial charge in [0, 0.05) is 6.54 Å². The number of nitrogens with one attached hydrogen (secondary N) is 1. The molecule has 0 bridgehead atoms. The minimum absolute atomic E-state index is 0.0509. The molecule has 0 spiro atoms. The van der Waals surface area contributed by atoms with Crippen molar-refractivity contribution in [3.05, 3.63) is 18.2 Å². The Kier molecular flexibility index (Phi) is 3.27. The smallest absolute Gasteiger partial charge is 0.268 e. The van der Waals surface area contributed by atoms with E-state index in [0.717, 1.165) is 0 Å². The quantitative estimate of drug-likeness (QED) is 0.843. The molecule has 0 fully saturated rings. The molecule has 1 aromatic carbocycles. The zero-order chi connectivity index (χ0) is 14.3. The number of carbonyl (C=O) groups is 1. The number of ether oxygens (including phenoxy) is 1. The van der Waals surface area contributed by atoms with E-state index >= 15 is 0 Å². The van der Waals surface area contributed by atoms with E-state index in [2.05, 4.69) is 5.32 Å². The Balaban J connectivity index is 2.42. The maximum atomic E-state index is 11.9. The molecule has 1 aliphatic heterocycles. The second-order valence-corrected chi connectivity index (χ2v) is 6.94. The van der Waals surface area contributed by atoms with Gasteiger partial charge in [-0.2, -0.15) is 0 Å². The van der Waals surface area contributed by atoms with Crippen molar-refractivity contribution in [1.29, 1.82) is 0 Å². The fourth-order valence-electron chi connectivity index (χ4n) is 1.76. The van der Waals surface area contributed by atoms with E-state index in [1.807, 2.05) is 0 Å². The normalized spacial score (nSPS) is 17.3. The third-order valence-electron chi connectivity index (χ3n) is 2.86. The van der Waals surface area contributed by atoms with Gasteiger partial charge in [-0.1, -0.05) is 0 Å². The number of rotatable bonds is 3. The largest absolute Gasteiger partial charge is 0.476 e. The molecule has 0 aromatic heterocycles. The van der Waals surface area contributed by atoms with E-state index in [1.165, 1.54) is 12.1 Å². The molecule has 0 saturated heterocycles. The van der Waals surface area contributed by atoms with Crippen LogP contribution in [0, 0.1) is 0 Å². The summed E-state index contributed by atoms with van der Waals surface area (Å²) in [5.41, 5.74) is 4.67. The molecule has 6 nitrogen and oxygen atoms in total. The van der Waals surface area contributed by atoms with Gasteiger partial charge in [0.15, 0.2) is 15.4 Å². The number of sulfone groups is 1. The maximum Gasteiger partial charge on any atom is 0.268 e. The van der Waals surface area contributed by atoms with E-state index in [-0.39, 0.29) is 23.1 Å². The van der Waals surface area contributed by atoms with Crippen molar-refractivity contribution in [2.24, 2.45) is 5.73 Å². The number of amides is 1. The number of benzene rings is 1. The van der Waals surface area contributed by atoms with Crippen LogP contribution >= 0.6 is 0 Å². The molecule has 0 unspecified atom stereocenters. The Bertz CT molecular complexity index is 623. The van der Waals surface area contributed by atoms with Gasteiger partial charge in [-0.3, -0.25) is 4.79 Å². The van der Waals surface area contributed by atoms with E-state index in [0.29, 0.717) is 11.4 Å². The number of anilines is 1. The third-order valence-corrected chi connectivity index (χ3v) is 4.60. The lowest BCUT2D eigenvalue weighted by atomic mass is 10.1. The van der Waals surface area contributed by atoms with Crippen LogP contribution in [0.2, 0.25) is 0 Å². The van der Waals surface area contributed by atoms with Gasteiger partial charge < -0.3 is 15.8 Å². The van der Waals surface area contributed by atoms with E-state index in [9.17, 15) is 13.2 Å². The van der Waals surface area contributed by atoms with Gasteiger partial charge in [-0.25, -0.2) is 8.42 Å². The average Bonchev–Trinajstić information content (AvgIpc) is 2.29. The van der Waals surface area contributed by atoms with Crippen molar-refractivity contribution < 1.29 is 17.9 Å². The number of hydrogen-bond donors (Lipinski definition) is 2. The molecular formula is C12H16N2O4S. The zero-order valence-corrected chi connectivity index (χ0v) is 11.6. The van der Waals surface area contributed by atoms with E-state index in [4.69, 9.17) is 10.5 Å². The van der Waals surface area contributed by atoms with E-state index < -0.39 is 15.4 Å². The van der Waals surface area contributed by atoms with Crippen molar-refractivity contribution in [2.75, 3.05) is 17.6 Å². The lowest BCUT2D eigenvalue weighted by molar-refractivity contribution is -0.129. The summed E-state index contributed by atoms with van der Waals surface area (Å²) in [6.07, 6.45) is 0. The molecule has 1 amide bonds. The van der Waals surface area contributed by atoms with Crippen LogP contribution in [0.4, 0.5) is 5.69 Å². The fraction of sp³-hybridized carbons (Fsp3) is 0.417. The predicted molar refractivity (Wildman–Crippen MR) is 70.9 cm³/mol. The van der Waals surface area contributed by atoms with Crippen LogP contribution in [0.3, 0.4) is 0 Å². The highest BCUT2D eigenvalue weighted by Crippen LogP contribution is 2.35. The molecule has 19 heavy (non-hydrogen) atoms. The van der Waals surface area contributed by atoms with Crippen molar-refractivity contribution in [3.63, 3.8) is 0 Å². The first-order valence-corrected chi connectivity index (χ1v) is 7.49. The lowest BCUT2D eigenvalue weighted by Crippen LogP contribution is -2.45. The first-order chi connectivity index (χ1) is 8.76. The van der Waals surface area contributed by atoms with Gasteiger partial charge in [-0.05, 0) is 32.0 Å². The highest BCUT2D eigenvalue weighted by atomic mass is 32.2. The molecule has 104 valence electrons. The fourth-order valence-corrected chi connectivity index (χ4v) is 2.88. The number of carbonyl (C=O) groups excluding carboxylic acids is 1. The van der Waals surface area contributed by atoms with Crippen LogP contribution in [0.1, 0.15) is 13.8 Å². The summed E-state index contributed by atoms with van der Waals surface area (Å²) in [5, 5.41) is 2.65. The Labute approximate surface area is 111 Å². The minimum Gasteiger partial charge on any atom is -0.476 e. The summed E-state index contributed by atoms with van der Waals surface area (Å²) in [6, 6.07) is 4.39. The van der Waals surface area contributed by atoms with Crippen molar-refractivity contribution in [1.82, 2.24) is 0 Å². The lowest BCUT2D eigenvalue weighted by Gasteiger charge is -2.31. The van der Waals surface area contributed by atoms with Crippen molar-refractivity contribution in [2.45, 2.75) is 24.3 Å². The van der Waals surface area contributed by atoms with Crippen LogP contribution in [-0.4, -0.2) is 32.2 Å². The molecule has 0 saturated carbocycles. The number of fused-ring (bicyclic) bond motifs is 1. The van der Waals surface area contributed by atoms with Crippen LogP contribution < -0.4 is 15.8 Å². The average molecular weight is 284 g/mol. The van der Waals surface area contributed by atoms with Gasteiger partial charge in [0.1, 0.15) is 5.75 Å². The molecule has 1 heterocycles. The van der Waals surface area contributed by atoms with Crippen molar-refractivity contribution in [3.8, 4) is 5.75 Å². The highest BCUT2D eigenvalue weighted by molar-refractivity contribution is 7.91. The molecular weight excluding hydrogens is 268 g/mol. The second kappa shape index (κ2) is 4.50. The standard InChI is InChI=1S/C12H16N2O4S/c1-12(2)11(15)14-9-7-8(3-4-10(9)18-12)19(16,17)6-5-13/h3-4,7H,5-6,13H2,1-2H3,(H,14,15). The predicted octanol–water partition coefficient (Wildman–Crippen LogP) is 0.528. The minimum atomic E-state index is -3.42. The summed E-state index contributed by atoms with van der Waals surface area (Å²) in [7, 11) is -3.42. The molecule has 1 aromatic rings. The Morgan fingerprint density at radius 2 is 2.05 bits per heavy atom.